The van der Waals surface area contributed by atoms with Crippen LogP contribution in [0.5, 0.6) is 0 Å². The van der Waals surface area contributed by atoms with Gasteiger partial charge in [0, 0.05) is 29.6 Å². The van der Waals surface area contributed by atoms with E-state index < -0.39 is 4.92 Å². The first-order valence-electron chi connectivity index (χ1n) is 5.45. The summed E-state index contributed by atoms with van der Waals surface area (Å²) in [6, 6.07) is 7.86. The highest BCUT2D eigenvalue weighted by molar-refractivity contribution is 6.31. The van der Waals surface area contributed by atoms with Crippen LogP contribution in [0.4, 0.5) is 5.69 Å². The van der Waals surface area contributed by atoms with Crippen molar-refractivity contribution >= 4 is 17.3 Å². The summed E-state index contributed by atoms with van der Waals surface area (Å²) < 4.78 is 0. The molecule has 5 heteroatoms. The van der Waals surface area contributed by atoms with Gasteiger partial charge >= 0.3 is 0 Å². The highest BCUT2D eigenvalue weighted by atomic mass is 35.5. The minimum absolute atomic E-state index is 0.0317. The number of halogens is 1. The number of hydrogen-bond donors (Lipinski definition) is 0. The van der Waals surface area contributed by atoms with Crippen LogP contribution in [0.15, 0.2) is 36.5 Å². The molecule has 0 spiro atoms. The fourth-order valence-electron chi connectivity index (χ4n) is 1.40. The van der Waals surface area contributed by atoms with Gasteiger partial charge < -0.3 is 0 Å². The van der Waals surface area contributed by atoms with E-state index in [9.17, 15) is 10.1 Å². The second-order valence-electron chi connectivity index (χ2n) is 3.86. The minimum Gasteiger partial charge on any atom is -0.260 e. The lowest BCUT2D eigenvalue weighted by Crippen LogP contribution is -1.89. The summed E-state index contributed by atoms with van der Waals surface area (Å²) in [5, 5.41) is 11.1. The molecule has 0 aliphatic rings. The van der Waals surface area contributed by atoms with E-state index in [4.69, 9.17) is 11.6 Å². The molecule has 1 aromatic carbocycles. The molecule has 1 aromatic heterocycles. The quantitative estimate of drug-likeness (QED) is 0.454. The molecule has 0 atom stereocenters. The van der Waals surface area contributed by atoms with Crippen molar-refractivity contribution in [2.75, 3.05) is 0 Å². The zero-order valence-electron chi connectivity index (χ0n) is 10.1. The number of pyridine rings is 1. The summed E-state index contributed by atoms with van der Waals surface area (Å²) in [7, 11) is 0. The number of rotatable bonds is 1. The molecule has 1 heterocycles. The van der Waals surface area contributed by atoms with E-state index in [-0.39, 0.29) is 5.69 Å². The molecule has 0 aliphatic heterocycles. The van der Waals surface area contributed by atoms with Crippen LogP contribution in [-0.2, 0) is 0 Å². The molecule has 0 N–H and O–H groups in total. The van der Waals surface area contributed by atoms with Gasteiger partial charge in [-0.1, -0.05) is 23.4 Å². The fraction of sp³-hybridized carbons (Fsp3) is 0.0714. The lowest BCUT2D eigenvalue weighted by Gasteiger charge is -1.96. The predicted molar refractivity (Wildman–Crippen MR) is 73.1 cm³/mol. The Morgan fingerprint density at radius 3 is 2.68 bits per heavy atom. The Labute approximate surface area is 115 Å². The molecule has 0 saturated carbocycles. The van der Waals surface area contributed by atoms with E-state index in [2.05, 4.69) is 16.8 Å². The molecule has 0 amide bonds. The van der Waals surface area contributed by atoms with E-state index in [0.29, 0.717) is 10.6 Å². The van der Waals surface area contributed by atoms with Gasteiger partial charge in [0.2, 0.25) is 0 Å². The van der Waals surface area contributed by atoms with Crippen LogP contribution in [0.3, 0.4) is 0 Å². The summed E-state index contributed by atoms with van der Waals surface area (Å²) in [5.41, 5.74) is 2.03. The molecular weight excluding hydrogens is 264 g/mol. The minimum atomic E-state index is -0.477. The molecule has 0 saturated heterocycles. The summed E-state index contributed by atoms with van der Waals surface area (Å²) in [6.07, 6.45) is 1.65. The van der Waals surface area contributed by atoms with Crippen molar-refractivity contribution in [2.45, 2.75) is 6.92 Å². The van der Waals surface area contributed by atoms with Crippen molar-refractivity contribution in [1.82, 2.24) is 4.98 Å². The van der Waals surface area contributed by atoms with Crippen molar-refractivity contribution in [3.05, 3.63) is 68.5 Å². The number of hydrogen-bond acceptors (Lipinski definition) is 3. The molecule has 0 fully saturated rings. The van der Waals surface area contributed by atoms with Crippen LogP contribution < -0.4 is 0 Å². The fourth-order valence-corrected chi connectivity index (χ4v) is 1.57. The number of nitrogens with zero attached hydrogens (tertiary/aromatic N) is 2. The normalized spacial score (nSPS) is 9.58. The van der Waals surface area contributed by atoms with Crippen LogP contribution >= 0.6 is 11.6 Å². The number of aromatic nitrogens is 1. The maximum atomic E-state index is 10.7. The van der Waals surface area contributed by atoms with Crippen molar-refractivity contribution in [3.8, 4) is 11.8 Å². The Kier molecular flexibility index (Phi) is 3.79. The van der Waals surface area contributed by atoms with Crippen molar-refractivity contribution in [3.63, 3.8) is 0 Å². The van der Waals surface area contributed by atoms with Gasteiger partial charge in [0.05, 0.1) is 15.5 Å². The Morgan fingerprint density at radius 2 is 2.05 bits per heavy atom. The lowest BCUT2D eigenvalue weighted by atomic mass is 10.2. The number of aryl methyl sites for hydroxylation is 1. The third-order valence-electron chi connectivity index (χ3n) is 2.41. The van der Waals surface area contributed by atoms with Crippen LogP contribution in [0, 0.1) is 28.9 Å². The topological polar surface area (TPSA) is 56.0 Å². The second-order valence-corrected chi connectivity index (χ2v) is 4.27. The van der Waals surface area contributed by atoms with E-state index in [1.165, 1.54) is 18.2 Å². The van der Waals surface area contributed by atoms with Crippen LogP contribution in [0.2, 0.25) is 5.02 Å². The Morgan fingerprint density at radius 1 is 1.26 bits per heavy atom. The van der Waals surface area contributed by atoms with Crippen molar-refractivity contribution in [2.24, 2.45) is 0 Å². The van der Waals surface area contributed by atoms with Gasteiger partial charge in [-0.3, -0.25) is 15.1 Å². The van der Waals surface area contributed by atoms with Gasteiger partial charge in [0.25, 0.3) is 5.69 Å². The second kappa shape index (κ2) is 5.51. The molecule has 0 bridgehead atoms. The smallest absolute Gasteiger partial charge is 0.260 e. The van der Waals surface area contributed by atoms with Crippen molar-refractivity contribution in [1.29, 1.82) is 0 Å². The summed E-state index contributed by atoms with van der Waals surface area (Å²) >= 11 is 5.95. The Bertz CT molecular complexity index is 685. The number of benzene rings is 1. The molecule has 0 unspecified atom stereocenters. The Hall–Kier alpha value is -2.38. The van der Waals surface area contributed by atoms with Crippen LogP contribution in [0.1, 0.15) is 16.8 Å². The van der Waals surface area contributed by atoms with Gasteiger partial charge in [-0.05, 0) is 25.1 Å². The number of nitro benzene ring substituents is 1. The van der Waals surface area contributed by atoms with Crippen LogP contribution in [-0.4, -0.2) is 9.91 Å². The molecule has 0 radical (unpaired) electrons. The first kappa shape index (κ1) is 13.1. The van der Waals surface area contributed by atoms with E-state index in [0.717, 1.165) is 11.3 Å². The maximum absolute atomic E-state index is 10.7. The monoisotopic (exact) mass is 272 g/mol. The highest BCUT2D eigenvalue weighted by Gasteiger charge is 2.07. The van der Waals surface area contributed by atoms with Gasteiger partial charge in [0.15, 0.2) is 0 Å². The zero-order valence-corrected chi connectivity index (χ0v) is 10.8. The standard InChI is InChI=1S/C14H9ClN2O2/c1-10-2-3-11(9-16-10)4-5-12-8-13(17(18)19)6-7-14(12)15/h2-3,6-9H,1H3. The molecular formula is C14H9ClN2O2. The maximum Gasteiger partial charge on any atom is 0.270 e. The molecule has 94 valence electrons. The molecule has 0 aliphatic carbocycles. The summed E-state index contributed by atoms with van der Waals surface area (Å²) in [5.74, 6) is 5.69. The van der Waals surface area contributed by atoms with Gasteiger partial charge in [-0.2, -0.15) is 0 Å². The average molecular weight is 273 g/mol. The van der Waals surface area contributed by atoms with Gasteiger partial charge in [-0.15, -0.1) is 0 Å². The SMILES string of the molecule is Cc1ccc(C#Cc2cc([N+](=O)[O-])ccc2Cl)cn1. The van der Waals surface area contributed by atoms with Gasteiger partial charge in [-0.25, -0.2) is 0 Å². The Balaban J connectivity index is 2.36. The third-order valence-corrected chi connectivity index (χ3v) is 2.74. The van der Waals surface area contributed by atoms with Crippen LogP contribution in [0.25, 0.3) is 0 Å². The highest BCUT2D eigenvalue weighted by Crippen LogP contribution is 2.21. The molecule has 4 nitrogen and oxygen atoms in total. The lowest BCUT2D eigenvalue weighted by molar-refractivity contribution is -0.384. The summed E-state index contributed by atoms with van der Waals surface area (Å²) in [4.78, 5) is 14.3. The molecule has 2 aromatic rings. The third kappa shape index (κ3) is 3.30. The molecule has 19 heavy (non-hydrogen) atoms. The van der Waals surface area contributed by atoms with Gasteiger partial charge in [0.1, 0.15) is 0 Å². The number of non-ortho nitro benzene ring substituents is 1. The first-order valence-corrected chi connectivity index (χ1v) is 5.82. The van der Waals surface area contributed by atoms with E-state index in [1.54, 1.807) is 6.20 Å². The zero-order chi connectivity index (χ0) is 13.8. The molecule has 2 rings (SSSR count). The largest absolute Gasteiger partial charge is 0.270 e. The first-order chi connectivity index (χ1) is 9.06. The average Bonchev–Trinajstić information content (AvgIpc) is 2.39. The predicted octanol–water partition coefficient (Wildman–Crippen LogP) is 3.35. The van der Waals surface area contributed by atoms with E-state index >= 15 is 0 Å². The number of nitro groups is 1. The summed E-state index contributed by atoms with van der Waals surface area (Å²) in [6.45, 7) is 1.88. The van der Waals surface area contributed by atoms with E-state index in [1.807, 2.05) is 19.1 Å². The van der Waals surface area contributed by atoms with Crippen molar-refractivity contribution < 1.29 is 4.92 Å².